The number of aromatic nitrogens is 2. The number of hydrogen-bond acceptors (Lipinski definition) is 6. The Kier molecular flexibility index (Phi) is 5.88. The Morgan fingerprint density at radius 3 is 2.74 bits per heavy atom. The van der Waals surface area contributed by atoms with Crippen molar-refractivity contribution in [3.8, 4) is 0 Å². The van der Waals surface area contributed by atoms with E-state index in [1.807, 2.05) is 13.0 Å². The van der Waals surface area contributed by atoms with Crippen LogP contribution in [0.4, 0.5) is 5.13 Å². The number of halogens is 1. The molecule has 2 aromatic rings. The van der Waals surface area contributed by atoms with Gasteiger partial charge in [-0.15, -0.1) is 10.2 Å². The summed E-state index contributed by atoms with van der Waals surface area (Å²) in [4.78, 5) is 12.2. The van der Waals surface area contributed by atoms with E-state index in [2.05, 4.69) is 31.4 Å². The van der Waals surface area contributed by atoms with Gasteiger partial charge in [-0.1, -0.05) is 46.3 Å². The second-order valence-electron chi connectivity index (χ2n) is 4.92. The SMILES string of the molecule is CCc1nnc(NC(=O)C(C)S(=O)(=O)Cc2cccc(Br)c2)s1. The molecular weight excluding hydrogens is 402 g/mol. The highest BCUT2D eigenvalue weighted by molar-refractivity contribution is 9.10. The maximum atomic E-state index is 12.4. The zero-order valence-corrected chi connectivity index (χ0v) is 15.8. The lowest BCUT2D eigenvalue weighted by Gasteiger charge is -2.12. The summed E-state index contributed by atoms with van der Waals surface area (Å²) in [6.07, 6.45) is 0.713. The molecule has 0 aliphatic heterocycles. The smallest absolute Gasteiger partial charge is 0.244 e. The van der Waals surface area contributed by atoms with Crippen LogP contribution in [0, 0.1) is 0 Å². The molecule has 0 aliphatic rings. The van der Waals surface area contributed by atoms with Gasteiger partial charge in [-0.3, -0.25) is 10.1 Å². The van der Waals surface area contributed by atoms with Crippen LogP contribution in [-0.2, 0) is 26.8 Å². The number of aryl methyl sites for hydroxylation is 1. The Morgan fingerprint density at radius 1 is 1.39 bits per heavy atom. The van der Waals surface area contributed by atoms with Gasteiger partial charge in [0.25, 0.3) is 0 Å². The van der Waals surface area contributed by atoms with Crippen molar-refractivity contribution in [2.75, 3.05) is 5.32 Å². The highest BCUT2D eigenvalue weighted by Gasteiger charge is 2.29. The number of amides is 1. The molecule has 1 aromatic heterocycles. The number of carbonyl (C=O) groups excluding carboxylic acids is 1. The molecule has 1 aromatic carbocycles. The van der Waals surface area contributed by atoms with Crippen LogP contribution in [0.3, 0.4) is 0 Å². The van der Waals surface area contributed by atoms with Gasteiger partial charge >= 0.3 is 0 Å². The summed E-state index contributed by atoms with van der Waals surface area (Å²) >= 11 is 4.54. The van der Waals surface area contributed by atoms with Crippen molar-refractivity contribution in [3.63, 3.8) is 0 Å². The molecular formula is C14H16BrN3O3S2. The first-order valence-electron chi connectivity index (χ1n) is 6.91. The first kappa shape index (κ1) is 18.0. The number of benzene rings is 1. The second-order valence-corrected chi connectivity index (χ2v) is 9.22. The van der Waals surface area contributed by atoms with Crippen LogP contribution in [0.5, 0.6) is 0 Å². The van der Waals surface area contributed by atoms with Gasteiger partial charge in [0.1, 0.15) is 10.3 Å². The predicted octanol–water partition coefficient (Wildman–Crippen LogP) is 2.81. The van der Waals surface area contributed by atoms with E-state index in [0.717, 1.165) is 9.48 Å². The van der Waals surface area contributed by atoms with Gasteiger partial charge in [0.15, 0.2) is 9.84 Å². The third-order valence-electron chi connectivity index (χ3n) is 3.16. The quantitative estimate of drug-likeness (QED) is 0.780. The van der Waals surface area contributed by atoms with Crippen LogP contribution in [0.15, 0.2) is 28.7 Å². The van der Waals surface area contributed by atoms with E-state index in [4.69, 9.17) is 0 Å². The molecule has 1 atom stereocenters. The molecule has 23 heavy (non-hydrogen) atoms. The molecule has 0 radical (unpaired) electrons. The monoisotopic (exact) mass is 417 g/mol. The molecule has 0 saturated heterocycles. The van der Waals surface area contributed by atoms with Gasteiger partial charge < -0.3 is 0 Å². The minimum Gasteiger partial charge on any atom is -0.299 e. The number of anilines is 1. The molecule has 1 heterocycles. The molecule has 124 valence electrons. The van der Waals surface area contributed by atoms with Crippen molar-refractivity contribution in [2.24, 2.45) is 0 Å². The highest BCUT2D eigenvalue weighted by atomic mass is 79.9. The molecule has 1 amide bonds. The van der Waals surface area contributed by atoms with E-state index >= 15 is 0 Å². The molecule has 0 fully saturated rings. The first-order chi connectivity index (χ1) is 10.8. The summed E-state index contributed by atoms with van der Waals surface area (Å²) in [6.45, 7) is 3.31. The van der Waals surface area contributed by atoms with Crippen LogP contribution < -0.4 is 5.32 Å². The molecule has 0 saturated carbocycles. The number of sulfone groups is 1. The van der Waals surface area contributed by atoms with E-state index in [0.29, 0.717) is 17.1 Å². The molecule has 1 N–H and O–H groups in total. The van der Waals surface area contributed by atoms with Gasteiger partial charge in [-0.25, -0.2) is 8.42 Å². The first-order valence-corrected chi connectivity index (χ1v) is 10.2. The van der Waals surface area contributed by atoms with E-state index in [9.17, 15) is 13.2 Å². The average molecular weight is 418 g/mol. The Bertz CT molecular complexity index is 805. The minimum absolute atomic E-state index is 0.197. The van der Waals surface area contributed by atoms with Crippen LogP contribution >= 0.6 is 27.3 Å². The minimum atomic E-state index is -3.62. The van der Waals surface area contributed by atoms with E-state index in [1.165, 1.54) is 18.3 Å². The maximum Gasteiger partial charge on any atom is 0.244 e. The lowest BCUT2D eigenvalue weighted by Crippen LogP contribution is -2.33. The Hall–Kier alpha value is -1.32. The summed E-state index contributed by atoms with van der Waals surface area (Å²) in [5.74, 6) is -0.795. The standard InChI is InChI=1S/C14H16BrN3O3S2/c1-3-12-17-18-14(22-12)16-13(19)9(2)23(20,21)8-10-5-4-6-11(15)7-10/h4-7,9H,3,8H2,1-2H3,(H,16,18,19). The van der Waals surface area contributed by atoms with Crippen LogP contribution in [0.1, 0.15) is 24.4 Å². The third-order valence-corrected chi connectivity index (χ3v) is 6.67. The van der Waals surface area contributed by atoms with E-state index in [1.54, 1.807) is 18.2 Å². The number of hydrogen-bond donors (Lipinski definition) is 1. The van der Waals surface area contributed by atoms with Crippen molar-refractivity contribution in [1.82, 2.24) is 10.2 Å². The zero-order chi connectivity index (χ0) is 17.0. The Balaban J connectivity index is 2.07. The van der Waals surface area contributed by atoms with E-state index < -0.39 is 21.0 Å². The summed E-state index contributed by atoms with van der Waals surface area (Å²) in [5, 5.41) is 10.2. The number of carbonyl (C=O) groups is 1. The fraction of sp³-hybridized carbons (Fsp3) is 0.357. The van der Waals surface area contributed by atoms with Crippen molar-refractivity contribution in [3.05, 3.63) is 39.3 Å². The van der Waals surface area contributed by atoms with Gasteiger partial charge in [0, 0.05) is 4.47 Å². The zero-order valence-electron chi connectivity index (χ0n) is 12.6. The van der Waals surface area contributed by atoms with Gasteiger partial charge in [0.2, 0.25) is 11.0 Å². The number of rotatable bonds is 6. The molecule has 1 unspecified atom stereocenters. The summed E-state index contributed by atoms with van der Waals surface area (Å²) < 4.78 is 25.6. The second kappa shape index (κ2) is 7.50. The van der Waals surface area contributed by atoms with Crippen molar-refractivity contribution in [1.29, 1.82) is 0 Å². The summed E-state index contributed by atoms with van der Waals surface area (Å²) in [5.41, 5.74) is 0.628. The fourth-order valence-electron chi connectivity index (χ4n) is 1.80. The van der Waals surface area contributed by atoms with Crippen molar-refractivity contribution in [2.45, 2.75) is 31.3 Å². The van der Waals surface area contributed by atoms with Gasteiger partial charge in [-0.2, -0.15) is 0 Å². The molecule has 9 heteroatoms. The van der Waals surface area contributed by atoms with Crippen molar-refractivity contribution < 1.29 is 13.2 Å². The van der Waals surface area contributed by atoms with Crippen LogP contribution in [-0.4, -0.2) is 29.8 Å². The normalized spacial score (nSPS) is 12.8. The molecule has 2 rings (SSSR count). The summed E-state index contributed by atoms with van der Waals surface area (Å²) in [7, 11) is -3.62. The predicted molar refractivity (Wildman–Crippen MR) is 94.1 cm³/mol. The van der Waals surface area contributed by atoms with Crippen LogP contribution in [0.25, 0.3) is 0 Å². The van der Waals surface area contributed by atoms with Crippen LogP contribution in [0.2, 0.25) is 0 Å². The van der Waals surface area contributed by atoms with Crippen molar-refractivity contribution >= 4 is 48.1 Å². The lowest BCUT2D eigenvalue weighted by atomic mass is 10.2. The molecule has 0 bridgehead atoms. The largest absolute Gasteiger partial charge is 0.299 e. The maximum absolute atomic E-state index is 12.4. The Labute approximate surface area is 147 Å². The third kappa shape index (κ3) is 4.82. The molecule has 0 spiro atoms. The van der Waals surface area contributed by atoms with Gasteiger partial charge in [0.05, 0.1) is 5.75 Å². The van der Waals surface area contributed by atoms with E-state index in [-0.39, 0.29) is 5.75 Å². The number of nitrogens with zero attached hydrogens (tertiary/aromatic N) is 2. The topological polar surface area (TPSA) is 89.0 Å². The lowest BCUT2D eigenvalue weighted by molar-refractivity contribution is -0.115. The average Bonchev–Trinajstić information content (AvgIpc) is 2.93. The molecule has 6 nitrogen and oxygen atoms in total. The fourth-order valence-corrected chi connectivity index (χ4v) is 4.21. The molecule has 0 aliphatic carbocycles. The Morgan fingerprint density at radius 2 is 2.13 bits per heavy atom. The number of nitrogens with one attached hydrogen (secondary N) is 1. The van der Waals surface area contributed by atoms with Gasteiger partial charge in [-0.05, 0) is 31.0 Å². The highest BCUT2D eigenvalue weighted by Crippen LogP contribution is 2.19. The summed E-state index contributed by atoms with van der Waals surface area (Å²) in [6, 6.07) is 7.01.